The first-order chi connectivity index (χ1) is 27.3. The van der Waals surface area contributed by atoms with Gasteiger partial charge in [0, 0.05) is 20.1 Å². The largest absolute Gasteiger partial charge is 2.00 e. The second-order valence-corrected chi connectivity index (χ2v) is 15.1. The van der Waals surface area contributed by atoms with Gasteiger partial charge in [-0.15, -0.1) is 0 Å². The summed E-state index contributed by atoms with van der Waals surface area (Å²) in [5.74, 6) is 3.19. The molecular formula is C49H40IrO4P2W. The molecule has 0 amide bonds. The predicted octanol–water partition coefficient (Wildman–Crippen LogP) is 8.85. The van der Waals surface area contributed by atoms with E-state index in [2.05, 4.69) is 209 Å². The van der Waals surface area contributed by atoms with Crippen LogP contribution in [0.15, 0.2) is 182 Å². The van der Waals surface area contributed by atoms with Gasteiger partial charge in [0.05, 0.1) is 0 Å². The number of hydrogen-bond donors (Lipinski definition) is 0. The molecule has 1 radical (unpaired) electrons. The zero-order valence-corrected chi connectivity index (χ0v) is 38.2. The van der Waals surface area contributed by atoms with Crippen molar-refractivity contribution in [1.29, 1.82) is 0 Å². The molecule has 57 heavy (non-hydrogen) atoms. The molecule has 0 bridgehead atoms. The van der Waals surface area contributed by atoms with Gasteiger partial charge in [0.25, 0.3) is 0 Å². The zero-order valence-electron chi connectivity index (χ0n) is 31.1. The van der Waals surface area contributed by atoms with Crippen molar-refractivity contribution in [1.82, 2.24) is 0 Å². The van der Waals surface area contributed by atoms with E-state index < -0.39 is 15.8 Å². The average Bonchev–Trinajstić information content (AvgIpc) is 3.90. The molecule has 0 N–H and O–H groups in total. The molecule has 0 atom stereocenters. The minimum atomic E-state index is -0.446. The van der Waals surface area contributed by atoms with E-state index in [9.17, 15) is 0 Å². The number of hydrogen-bond acceptors (Lipinski definition) is 0. The van der Waals surface area contributed by atoms with Crippen LogP contribution in [0.5, 0.6) is 0 Å². The van der Waals surface area contributed by atoms with Crippen LogP contribution in [-0.2, 0) is 59.8 Å². The molecule has 4 nitrogen and oxygen atoms in total. The minimum absolute atomic E-state index is 0. The van der Waals surface area contributed by atoms with Crippen molar-refractivity contribution < 1.29 is 59.8 Å². The van der Waals surface area contributed by atoms with Crippen LogP contribution in [0.25, 0.3) is 0 Å². The first kappa shape index (κ1) is 56.9. The van der Waals surface area contributed by atoms with Crippen LogP contribution >= 0.6 is 15.8 Å². The molecular weight excluding hydrogens is 1090 g/mol. The van der Waals surface area contributed by atoms with Gasteiger partial charge < -0.3 is 24.7 Å². The summed E-state index contributed by atoms with van der Waals surface area (Å²) in [6.45, 7) is 18.0. The number of benzene rings is 6. The molecule has 1 aliphatic carbocycles. The zero-order chi connectivity index (χ0) is 40.8. The molecule has 1 saturated carbocycles. The molecule has 0 heterocycles. The molecule has 6 aromatic carbocycles. The third-order valence-corrected chi connectivity index (χ3v) is 12.3. The van der Waals surface area contributed by atoms with E-state index in [1.165, 1.54) is 63.9 Å². The van der Waals surface area contributed by atoms with Crippen LogP contribution in [0.2, 0.25) is 0 Å². The second kappa shape index (κ2) is 41.2. The Balaban J connectivity index is -0.000000719. The van der Waals surface area contributed by atoms with E-state index >= 15 is 0 Å². The maximum Gasteiger partial charge on any atom is 2.00 e. The summed E-state index contributed by atoms with van der Waals surface area (Å²) in [5.41, 5.74) is 0. The molecule has 7 rings (SSSR count). The molecule has 285 valence electrons. The van der Waals surface area contributed by atoms with Gasteiger partial charge in [0.1, 0.15) is 0 Å². The number of rotatable bonds is 6. The van der Waals surface area contributed by atoms with Gasteiger partial charge in [0.2, 0.25) is 0 Å². The fraction of sp³-hybridized carbons (Fsp3) is 0.102. The van der Waals surface area contributed by atoms with Gasteiger partial charge in [0.15, 0.2) is 0 Å². The van der Waals surface area contributed by atoms with E-state index in [1.54, 1.807) is 11.8 Å². The van der Waals surface area contributed by atoms with Crippen LogP contribution in [0.1, 0.15) is 32.1 Å². The fourth-order valence-corrected chi connectivity index (χ4v) is 9.85. The Kier molecular flexibility index (Phi) is 41.2. The van der Waals surface area contributed by atoms with Crippen molar-refractivity contribution in [2.45, 2.75) is 32.1 Å². The second-order valence-electron chi connectivity index (χ2n) is 10.7. The van der Waals surface area contributed by atoms with Crippen LogP contribution in [-0.4, -0.2) is 0 Å². The first-order valence-electron chi connectivity index (χ1n) is 16.9. The van der Waals surface area contributed by atoms with Crippen LogP contribution in [0.3, 0.4) is 0 Å². The molecule has 0 aromatic heterocycles. The molecule has 0 aliphatic heterocycles. The maximum absolute atomic E-state index is 7.50. The molecule has 1 fully saturated rings. The predicted molar refractivity (Wildman–Crippen MR) is 223 cm³/mol. The summed E-state index contributed by atoms with van der Waals surface area (Å²) in [7, 11) is -0.892. The molecule has 0 spiro atoms. The average molecular weight is 1130 g/mol. The standard InChI is InChI=1S/2C18H15P.C5H10.C4.4CO.Ir.W/c2*1-4-10-16(11-5-1)19(17-12-6-2-7-13-17)18-14-8-3-9-15-18;1-2-4-5-3-1;1-3-4-2;4*1-2;;/h2*1-15H;1-5H2;;;;;;;/q;;;-2;;;;;;+2. The fourth-order valence-electron chi connectivity index (χ4n) is 5.24. The molecule has 1 aliphatic rings. The SMILES string of the molecule is C1CCCC1.[C-]#CC#[C-].[C-]#[O+].[C-]#[O+].[C-]#[O+].[C-]#[O+].[Ir].[W+2].c1ccc(P(c2ccccc2)c2ccccc2)cc1.c1ccc(P(c2ccccc2)c2ccccc2)cc1. The van der Waals surface area contributed by atoms with E-state index in [1.807, 2.05) is 0 Å². The van der Waals surface area contributed by atoms with Gasteiger partial charge in [-0.25, -0.2) is 0 Å². The quantitative estimate of drug-likeness (QED) is 0.0693. The summed E-state index contributed by atoms with van der Waals surface area (Å²) in [5, 5.41) is 8.39. The van der Waals surface area contributed by atoms with Crippen LogP contribution in [0, 0.1) is 51.3 Å². The minimum Gasteiger partial charge on any atom is -0.0622 e. The van der Waals surface area contributed by atoms with E-state index in [-0.39, 0.29) is 41.2 Å². The Morgan fingerprint density at radius 2 is 0.421 bits per heavy atom. The summed E-state index contributed by atoms with van der Waals surface area (Å²) in [6, 6.07) is 64.7. The summed E-state index contributed by atoms with van der Waals surface area (Å²) >= 11 is 0. The van der Waals surface area contributed by atoms with Crippen molar-refractivity contribution >= 4 is 47.7 Å². The van der Waals surface area contributed by atoms with Crippen molar-refractivity contribution in [3.05, 3.63) is 221 Å². The Labute approximate surface area is 370 Å². The van der Waals surface area contributed by atoms with Gasteiger partial charge >= 0.3 is 66.3 Å². The first-order valence-corrected chi connectivity index (χ1v) is 19.6. The van der Waals surface area contributed by atoms with Gasteiger partial charge in [-0.05, 0) is 47.7 Å². The Morgan fingerprint density at radius 3 is 0.526 bits per heavy atom. The van der Waals surface area contributed by atoms with Gasteiger partial charge in [-0.1, -0.05) is 214 Å². The topological polar surface area (TPSA) is 79.6 Å². The van der Waals surface area contributed by atoms with E-state index in [4.69, 9.17) is 31.5 Å². The molecule has 0 unspecified atom stereocenters. The van der Waals surface area contributed by atoms with Gasteiger partial charge in [-0.2, -0.15) is 0 Å². The van der Waals surface area contributed by atoms with Crippen LogP contribution < -0.4 is 31.8 Å². The summed E-state index contributed by atoms with van der Waals surface area (Å²) in [4.78, 5) is 0. The normalized spacial score (nSPS) is 9.47. The van der Waals surface area contributed by atoms with E-state index in [0.717, 1.165) is 0 Å². The van der Waals surface area contributed by atoms with E-state index in [0.29, 0.717) is 0 Å². The van der Waals surface area contributed by atoms with Crippen molar-refractivity contribution in [3.8, 4) is 11.8 Å². The van der Waals surface area contributed by atoms with Crippen molar-refractivity contribution in [2.75, 3.05) is 0 Å². The smallest absolute Gasteiger partial charge is 0.0622 e. The third-order valence-electron chi connectivity index (χ3n) is 7.40. The maximum atomic E-state index is 7.50. The molecule has 6 aromatic rings. The Hall–Kier alpha value is -4.40. The molecule has 0 saturated heterocycles. The third kappa shape index (κ3) is 23.4. The monoisotopic (exact) mass is 1130 g/mol. The van der Waals surface area contributed by atoms with Crippen LogP contribution in [0.4, 0.5) is 0 Å². The van der Waals surface area contributed by atoms with Crippen molar-refractivity contribution in [2.24, 2.45) is 0 Å². The van der Waals surface area contributed by atoms with Gasteiger partial charge in [-0.3, -0.25) is 0 Å². The Bertz CT molecular complexity index is 1610. The van der Waals surface area contributed by atoms with Crippen molar-refractivity contribution in [3.63, 3.8) is 0 Å². The summed E-state index contributed by atoms with van der Waals surface area (Å²) < 4.78 is 30.0. The summed E-state index contributed by atoms with van der Waals surface area (Å²) in [6.07, 6.45) is 19.3. The Morgan fingerprint density at radius 1 is 0.298 bits per heavy atom. The molecule has 8 heteroatoms.